The summed E-state index contributed by atoms with van der Waals surface area (Å²) in [5.74, 6) is 3.41. The van der Waals surface area contributed by atoms with Crippen molar-refractivity contribution in [1.82, 2.24) is 9.78 Å². The second-order valence-electron chi connectivity index (χ2n) is 6.13. The Bertz CT molecular complexity index is 1000. The number of hydrogen-bond acceptors (Lipinski definition) is 4. The number of carbonyl (C=O) groups is 1. The van der Waals surface area contributed by atoms with Gasteiger partial charge < -0.3 is 14.8 Å². The summed E-state index contributed by atoms with van der Waals surface area (Å²) in [5, 5.41) is 7.43. The smallest absolute Gasteiger partial charge is 0.228 e. The summed E-state index contributed by atoms with van der Waals surface area (Å²) in [5.41, 5.74) is 3.01. The predicted molar refractivity (Wildman–Crippen MR) is 108 cm³/mol. The zero-order valence-electron chi connectivity index (χ0n) is 15.8. The van der Waals surface area contributed by atoms with E-state index in [0.29, 0.717) is 22.9 Å². The van der Waals surface area contributed by atoms with E-state index in [9.17, 15) is 4.79 Å². The summed E-state index contributed by atoms with van der Waals surface area (Å²) in [6.07, 6.45) is 7.30. The molecule has 2 aromatic carbocycles. The van der Waals surface area contributed by atoms with Crippen LogP contribution in [0.2, 0.25) is 0 Å². The van der Waals surface area contributed by atoms with E-state index in [4.69, 9.17) is 15.9 Å². The van der Waals surface area contributed by atoms with Gasteiger partial charge in [-0.3, -0.25) is 9.48 Å². The first-order chi connectivity index (χ1) is 13.6. The average Bonchev–Trinajstić information content (AvgIpc) is 3.06. The number of benzene rings is 2. The van der Waals surface area contributed by atoms with Crippen molar-refractivity contribution in [3.05, 3.63) is 60.3 Å². The number of aromatic nitrogens is 2. The monoisotopic (exact) mass is 375 g/mol. The number of terminal acetylenes is 1. The van der Waals surface area contributed by atoms with Crippen LogP contribution in [0.5, 0.6) is 11.5 Å². The fourth-order valence-corrected chi connectivity index (χ4v) is 2.82. The summed E-state index contributed by atoms with van der Waals surface area (Å²) < 4.78 is 12.5. The maximum absolute atomic E-state index is 12.5. The number of nitrogens with zero attached hydrogens (tertiary/aromatic N) is 2. The third kappa shape index (κ3) is 4.51. The molecule has 0 saturated heterocycles. The summed E-state index contributed by atoms with van der Waals surface area (Å²) >= 11 is 0. The first-order valence-corrected chi connectivity index (χ1v) is 8.73. The van der Waals surface area contributed by atoms with Crippen LogP contribution in [0.25, 0.3) is 11.3 Å². The third-order valence-corrected chi connectivity index (χ3v) is 4.06. The molecule has 0 spiro atoms. The minimum atomic E-state index is -0.110. The zero-order chi connectivity index (χ0) is 19.9. The summed E-state index contributed by atoms with van der Waals surface area (Å²) in [4.78, 5) is 12.5. The molecule has 1 heterocycles. The standard InChI is InChI=1S/C22H21N3O3/c1-4-12-28-19-11-10-17(14-20(19)27-3)22-18(15-25(2)24-22)23-21(26)13-16-8-6-5-7-9-16/h1,5-11,14-15H,12-13H2,2-3H3,(H,23,26). The van der Waals surface area contributed by atoms with Crippen molar-refractivity contribution < 1.29 is 14.3 Å². The molecule has 3 rings (SSSR count). The minimum absolute atomic E-state index is 0.110. The first kappa shape index (κ1) is 19.1. The van der Waals surface area contributed by atoms with Crippen molar-refractivity contribution >= 4 is 11.6 Å². The van der Waals surface area contributed by atoms with Crippen LogP contribution in [-0.4, -0.2) is 29.4 Å². The molecule has 6 heteroatoms. The Hall–Kier alpha value is -3.72. The molecule has 0 radical (unpaired) electrons. The van der Waals surface area contributed by atoms with Crippen molar-refractivity contribution in [2.75, 3.05) is 19.0 Å². The van der Waals surface area contributed by atoms with Crippen molar-refractivity contribution in [2.45, 2.75) is 6.42 Å². The molecule has 0 atom stereocenters. The van der Waals surface area contributed by atoms with Gasteiger partial charge >= 0.3 is 0 Å². The van der Waals surface area contributed by atoms with Gasteiger partial charge in [0.1, 0.15) is 12.3 Å². The van der Waals surface area contributed by atoms with E-state index in [0.717, 1.165) is 11.1 Å². The molecule has 3 aromatic rings. The Morgan fingerprint density at radius 1 is 1.21 bits per heavy atom. The quantitative estimate of drug-likeness (QED) is 0.644. The van der Waals surface area contributed by atoms with Gasteiger partial charge in [0, 0.05) is 18.8 Å². The van der Waals surface area contributed by atoms with Crippen LogP contribution in [0.1, 0.15) is 5.56 Å². The maximum atomic E-state index is 12.5. The normalized spacial score (nSPS) is 10.2. The van der Waals surface area contributed by atoms with Crippen LogP contribution in [0.15, 0.2) is 54.7 Å². The van der Waals surface area contributed by atoms with E-state index in [1.165, 1.54) is 0 Å². The number of nitrogens with one attached hydrogen (secondary N) is 1. The van der Waals surface area contributed by atoms with Crippen LogP contribution in [0, 0.1) is 12.3 Å². The summed E-state index contributed by atoms with van der Waals surface area (Å²) in [7, 11) is 3.36. The second-order valence-corrected chi connectivity index (χ2v) is 6.13. The highest BCUT2D eigenvalue weighted by Crippen LogP contribution is 2.34. The molecule has 6 nitrogen and oxygen atoms in total. The highest BCUT2D eigenvalue weighted by Gasteiger charge is 2.15. The number of ether oxygens (including phenoxy) is 2. The summed E-state index contributed by atoms with van der Waals surface area (Å²) in [6, 6.07) is 15.0. The third-order valence-electron chi connectivity index (χ3n) is 4.06. The van der Waals surface area contributed by atoms with E-state index in [1.807, 2.05) is 36.4 Å². The van der Waals surface area contributed by atoms with Crippen molar-refractivity contribution in [1.29, 1.82) is 0 Å². The van der Waals surface area contributed by atoms with Gasteiger partial charge in [-0.25, -0.2) is 0 Å². The Morgan fingerprint density at radius 2 is 2.00 bits per heavy atom. The van der Waals surface area contributed by atoms with E-state index in [2.05, 4.69) is 16.3 Å². The van der Waals surface area contributed by atoms with Crippen LogP contribution < -0.4 is 14.8 Å². The van der Waals surface area contributed by atoms with Gasteiger partial charge in [0.2, 0.25) is 5.91 Å². The lowest BCUT2D eigenvalue weighted by atomic mass is 10.1. The fraction of sp³-hybridized carbons (Fsp3) is 0.182. The Balaban J connectivity index is 1.83. The number of rotatable bonds is 7. The first-order valence-electron chi connectivity index (χ1n) is 8.73. The molecule has 28 heavy (non-hydrogen) atoms. The minimum Gasteiger partial charge on any atom is -0.493 e. The van der Waals surface area contributed by atoms with Gasteiger partial charge in [-0.05, 0) is 23.8 Å². The van der Waals surface area contributed by atoms with E-state index >= 15 is 0 Å². The van der Waals surface area contributed by atoms with Crippen LogP contribution >= 0.6 is 0 Å². The van der Waals surface area contributed by atoms with Crippen LogP contribution in [0.4, 0.5) is 5.69 Å². The Morgan fingerprint density at radius 3 is 2.71 bits per heavy atom. The van der Waals surface area contributed by atoms with Gasteiger partial charge in [-0.2, -0.15) is 5.10 Å². The van der Waals surface area contributed by atoms with Gasteiger partial charge in [0.05, 0.1) is 19.2 Å². The topological polar surface area (TPSA) is 65.4 Å². The Labute approximate surface area is 164 Å². The van der Waals surface area contributed by atoms with Crippen LogP contribution in [0.3, 0.4) is 0 Å². The average molecular weight is 375 g/mol. The van der Waals surface area contributed by atoms with Gasteiger partial charge in [0.25, 0.3) is 0 Å². The Kier molecular flexibility index (Phi) is 5.97. The lowest BCUT2D eigenvalue weighted by Crippen LogP contribution is -2.14. The molecule has 0 aliphatic rings. The van der Waals surface area contributed by atoms with Crippen molar-refractivity contribution in [3.8, 4) is 35.1 Å². The summed E-state index contributed by atoms with van der Waals surface area (Å²) in [6.45, 7) is 0.153. The lowest BCUT2D eigenvalue weighted by Gasteiger charge is -2.11. The highest BCUT2D eigenvalue weighted by molar-refractivity contribution is 5.95. The molecule has 1 aromatic heterocycles. The zero-order valence-corrected chi connectivity index (χ0v) is 15.8. The maximum Gasteiger partial charge on any atom is 0.228 e. The molecule has 0 aliphatic carbocycles. The highest BCUT2D eigenvalue weighted by atomic mass is 16.5. The van der Waals surface area contributed by atoms with Crippen molar-refractivity contribution in [3.63, 3.8) is 0 Å². The molecule has 0 saturated carbocycles. The van der Waals surface area contributed by atoms with Gasteiger partial charge in [0.15, 0.2) is 11.5 Å². The lowest BCUT2D eigenvalue weighted by molar-refractivity contribution is -0.115. The van der Waals surface area contributed by atoms with E-state index in [1.54, 1.807) is 37.2 Å². The number of aryl methyl sites for hydroxylation is 1. The van der Waals surface area contributed by atoms with Crippen LogP contribution in [-0.2, 0) is 18.3 Å². The number of methoxy groups -OCH3 is 1. The molecule has 142 valence electrons. The largest absolute Gasteiger partial charge is 0.493 e. The molecular weight excluding hydrogens is 354 g/mol. The van der Waals surface area contributed by atoms with Gasteiger partial charge in [-0.1, -0.05) is 36.3 Å². The molecule has 0 unspecified atom stereocenters. The predicted octanol–water partition coefficient (Wildman–Crippen LogP) is 3.29. The van der Waals surface area contributed by atoms with E-state index < -0.39 is 0 Å². The SMILES string of the molecule is C#CCOc1ccc(-c2nn(C)cc2NC(=O)Cc2ccccc2)cc1OC. The number of anilines is 1. The molecule has 0 fully saturated rings. The number of hydrogen-bond donors (Lipinski definition) is 1. The molecule has 1 amide bonds. The van der Waals surface area contributed by atoms with E-state index in [-0.39, 0.29) is 18.9 Å². The second kappa shape index (κ2) is 8.78. The molecular formula is C22H21N3O3. The molecule has 1 N–H and O–H groups in total. The number of amides is 1. The molecule has 0 bridgehead atoms. The van der Waals surface area contributed by atoms with Crippen molar-refractivity contribution in [2.24, 2.45) is 7.05 Å². The molecule has 0 aliphatic heterocycles. The fourth-order valence-electron chi connectivity index (χ4n) is 2.82. The number of carbonyl (C=O) groups excluding carboxylic acids is 1. The van der Waals surface area contributed by atoms with Gasteiger partial charge in [-0.15, -0.1) is 6.42 Å².